The zero-order valence-electron chi connectivity index (χ0n) is 19.0. The highest BCUT2D eigenvalue weighted by Gasteiger charge is 2.71. The molecule has 1 unspecified atom stereocenters. The van der Waals surface area contributed by atoms with E-state index in [2.05, 4.69) is 4.98 Å². The number of allylic oxidation sites excluding steroid dienone is 1. The summed E-state index contributed by atoms with van der Waals surface area (Å²) in [4.78, 5) is 5.39. The standard InChI is InChI=1S/C22H22ClF6N3O3S/c1-14(2)11-17-13-31(36(34,35)18-7-8-19(23)30-12-18)9-10-32(17)16-5-3-15(4-6-16)20(33,21(24,25)26)22(27,28)29/h3-8,11-12,17,33H,9-10,13H2,1-2H3. The molecule has 1 atom stereocenters. The first-order chi connectivity index (χ1) is 16.5. The van der Waals surface area contributed by atoms with Crippen molar-refractivity contribution >= 4 is 27.3 Å². The number of alkyl halides is 6. The number of pyridine rings is 1. The Morgan fingerprint density at radius 2 is 1.61 bits per heavy atom. The quantitative estimate of drug-likeness (QED) is 0.322. The second-order valence-electron chi connectivity index (χ2n) is 8.44. The number of aliphatic hydroxyl groups is 1. The summed E-state index contributed by atoms with van der Waals surface area (Å²) in [6.07, 6.45) is -9.11. The summed E-state index contributed by atoms with van der Waals surface area (Å²) >= 11 is 5.73. The SMILES string of the molecule is CC(C)=CC1CN(S(=O)(=O)c2ccc(Cl)nc2)CCN1c1ccc(C(O)(C(F)(F)F)C(F)(F)F)cc1. The molecule has 0 aliphatic carbocycles. The predicted molar refractivity (Wildman–Crippen MR) is 121 cm³/mol. The minimum atomic E-state index is -5.99. The third-order valence-corrected chi connectivity index (χ3v) is 7.75. The van der Waals surface area contributed by atoms with Crippen LogP contribution in [0.5, 0.6) is 0 Å². The molecular weight excluding hydrogens is 536 g/mol. The van der Waals surface area contributed by atoms with Crippen molar-refractivity contribution in [3.63, 3.8) is 0 Å². The number of rotatable bonds is 5. The summed E-state index contributed by atoms with van der Waals surface area (Å²) in [5.74, 6) is 0. The Bertz CT molecular complexity index is 1200. The number of nitrogens with zero attached hydrogens (tertiary/aromatic N) is 3. The summed E-state index contributed by atoms with van der Waals surface area (Å²) in [5.41, 5.74) is -5.32. The van der Waals surface area contributed by atoms with Crippen LogP contribution in [0.25, 0.3) is 0 Å². The highest BCUT2D eigenvalue weighted by atomic mass is 35.5. The molecule has 1 N–H and O–H groups in total. The molecular formula is C22H22ClF6N3O3S. The molecule has 2 heterocycles. The lowest BCUT2D eigenvalue weighted by Crippen LogP contribution is -2.54. The number of anilines is 1. The first kappa shape index (κ1) is 28.2. The number of sulfonamides is 1. The molecule has 3 rings (SSSR count). The van der Waals surface area contributed by atoms with Crippen LogP contribution in [-0.4, -0.2) is 60.8 Å². The molecule has 1 aromatic carbocycles. The van der Waals surface area contributed by atoms with Crippen molar-refractivity contribution in [1.29, 1.82) is 0 Å². The number of hydrogen-bond donors (Lipinski definition) is 1. The molecule has 0 radical (unpaired) electrons. The molecule has 1 aliphatic rings. The maximum Gasteiger partial charge on any atom is 0.430 e. The largest absolute Gasteiger partial charge is 0.430 e. The van der Waals surface area contributed by atoms with Crippen LogP contribution in [0, 0.1) is 0 Å². The molecule has 1 saturated heterocycles. The van der Waals surface area contributed by atoms with E-state index in [1.165, 1.54) is 16.4 Å². The van der Waals surface area contributed by atoms with Gasteiger partial charge in [0.05, 0.1) is 6.04 Å². The number of hydrogen-bond acceptors (Lipinski definition) is 5. The molecule has 0 bridgehead atoms. The van der Waals surface area contributed by atoms with Gasteiger partial charge in [0.2, 0.25) is 10.0 Å². The number of piperazine rings is 1. The minimum Gasteiger partial charge on any atom is -0.369 e. The number of aromatic nitrogens is 1. The van der Waals surface area contributed by atoms with Gasteiger partial charge in [-0.05, 0) is 38.1 Å². The van der Waals surface area contributed by atoms with E-state index < -0.39 is 39.6 Å². The number of benzene rings is 1. The Hall–Kier alpha value is -2.35. The minimum absolute atomic E-state index is 0.00511. The summed E-state index contributed by atoms with van der Waals surface area (Å²) < 4.78 is 107. The molecule has 36 heavy (non-hydrogen) atoms. The van der Waals surface area contributed by atoms with Crippen LogP contribution in [0.2, 0.25) is 5.15 Å². The summed E-state index contributed by atoms with van der Waals surface area (Å²) in [5, 5.41) is 9.74. The maximum atomic E-state index is 13.2. The van der Waals surface area contributed by atoms with E-state index in [1.54, 1.807) is 24.8 Å². The molecule has 0 spiro atoms. The van der Waals surface area contributed by atoms with Gasteiger partial charge in [0.1, 0.15) is 10.0 Å². The molecule has 0 saturated carbocycles. The second-order valence-corrected chi connectivity index (χ2v) is 10.8. The number of halogens is 7. The third-order valence-electron chi connectivity index (χ3n) is 5.68. The Morgan fingerprint density at radius 1 is 1.03 bits per heavy atom. The van der Waals surface area contributed by atoms with E-state index in [-0.39, 0.29) is 35.4 Å². The average molecular weight is 558 g/mol. The zero-order chi connectivity index (χ0) is 27.1. The molecule has 0 amide bonds. The third kappa shape index (κ3) is 5.34. The van der Waals surface area contributed by atoms with Crippen LogP contribution in [0.3, 0.4) is 0 Å². The van der Waals surface area contributed by atoms with Crippen LogP contribution in [-0.2, 0) is 15.6 Å². The monoisotopic (exact) mass is 557 g/mol. The van der Waals surface area contributed by atoms with Crippen molar-refractivity contribution in [2.75, 3.05) is 24.5 Å². The maximum absolute atomic E-state index is 13.2. The van der Waals surface area contributed by atoms with Crippen LogP contribution in [0.15, 0.2) is 59.1 Å². The Kier molecular flexibility index (Phi) is 7.72. The van der Waals surface area contributed by atoms with Gasteiger partial charge < -0.3 is 10.0 Å². The van der Waals surface area contributed by atoms with Gasteiger partial charge in [-0.15, -0.1) is 0 Å². The highest BCUT2D eigenvalue weighted by molar-refractivity contribution is 7.89. The van der Waals surface area contributed by atoms with Gasteiger partial charge in [0.15, 0.2) is 0 Å². The predicted octanol–water partition coefficient (Wildman–Crippen LogP) is 4.89. The molecule has 198 valence electrons. The van der Waals surface area contributed by atoms with Gasteiger partial charge in [-0.3, -0.25) is 0 Å². The van der Waals surface area contributed by atoms with Crippen LogP contribution in [0.1, 0.15) is 19.4 Å². The van der Waals surface area contributed by atoms with Crippen molar-refractivity contribution in [3.8, 4) is 0 Å². The van der Waals surface area contributed by atoms with Crippen molar-refractivity contribution in [3.05, 3.63) is 65.0 Å². The van der Waals surface area contributed by atoms with Gasteiger partial charge in [0.25, 0.3) is 5.60 Å². The van der Waals surface area contributed by atoms with Gasteiger partial charge in [-0.2, -0.15) is 30.6 Å². The summed E-state index contributed by atoms with van der Waals surface area (Å²) in [6.45, 7) is 3.59. The molecule has 1 aliphatic heterocycles. The lowest BCUT2D eigenvalue weighted by atomic mass is 9.92. The lowest BCUT2D eigenvalue weighted by Gasteiger charge is -2.41. The highest BCUT2D eigenvalue weighted by Crippen LogP contribution is 2.50. The fourth-order valence-electron chi connectivity index (χ4n) is 3.90. The van der Waals surface area contributed by atoms with Gasteiger partial charge in [0, 0.05) is 37.1 Å². The molecule has 14 heteroatoms. The van der Waals surface area contributed by atoms with Gasteiger partial charge >= 0.3 is 12.4 Å². The fourth-order valence-corrected chi connectivity index (χ4v) is 5.40. The Labute approximate surface area is 208 Å². The summed E-state index contributed by atoms with van der Waals surface area (Å²) in [6, 6.07) is 5.29. The van der Waals surface area contributed by atoms with Gasteiger partial charge in [-0.25, -0.2) is 13.4 Å². The van der Waals surface area contributed by atoms with Crippen molar-refractivity contribution < 1.29 is 39.9 Å². The van der Waals surface area contributed by atoms with E-state index in [0.717, 1.165) is 23.9 Å². The van der Waals surface area contributed by atoms with Crippen molar-refractivity contribution in [2.45, 2.75) is 42.7 Å². The fraction of sp³-hybridized carbons (Fsp3) is 0.409. The Balaban J connectivity index is 1.93. The first-order valence-corrected chi connectivity index (χ1v) is 12.3. The van der Waals surface area contributed by atoms with Crippen LogP contribution < -0.4 is 4.90 Å². The topological polar surface area (TPSA) is 73.7 Å². The van der Waals surface area contributed by atoms with Gasteiger partial charge in [-0.1, -0.05) is 35.4 Å². The summed E-state index contributed by atoms with van der Waals surface area (Å²) in [7, 11) is -3.94. The second kappa shape index (κ2) is 9.84. The normalized spacial score (nSPS) is 18.3. The van der Waals surface area contributed by atoms with Crippen LogP contribution >= 0.6 is 11.6 Å². The Morgan fingerprint density at radius 3 is 2.08 bits per heavy atom. The average Bonchev–Trinajstić information content (AvgIpc) is 2.77. The first-order valence-electron chi connectivity index (χ1n) is 10.5. The molecule has 1 fully saturated rings. The molecule has 1 aromatic heterocycles. The lowest BCUT2D eigenvalue weighted by molar-refractivity contribution is -0.376. The van der Waals surface area contributed by atoms with Crippen molar-refractivity contribution in [2.24, 2.45) is 0 Å². The van der Waals surface area contributed by atoms with E-state index in [4.69, 9.17) is 11.6 Å². The van der Waals surface area contributed by atoms with E-state index in [1.807, 2.05) is 0 Å². The van der Waals surface area contributed by atoms with Crippen LogP contribution in [0.4, 0.5) is 32.0 Å². The molecule has 6 nitrogen and oxygen atoms in total. The smallest absolute Gasteiger partial charge is 0.369 e. The van der Waals surface area contributed by atoms with Crippen molar-refractivity contribution in [1.82, 2.24) is 9.29 Å². The van der Waals surface area contributed by atoms with E-state index in [9.17, 15) is 39.9 Å². The molecule has 2 aromatic rings. The van der Waals surface area contributed by atoms with E-state index in [0.29, 0.717) is 12.1 Å². The van der Waals surface area contributed by atoms with E-state index >= 15 is 0 Å². The zero-order valence-corrected chi connectivity index (χ0v) is 20.5.